The number of halogens is 2. The lowest BCUT2D eigenvalue weighted by atomic mass is 10.2. The van der Waals surface area contributed by atoms with Crippen molar-refractivity contribution in [2.24, 2.45) is 4.99 Å². The molecule has 3 N–H and O–H groups in total. The normalized spacial score (nSPS) is 10.9. The van der Waals surface area contributed by atoms with E-state index in [1.165, 1.54) is 0 Å². The highest BCUT2D eigenvalue weighted by atomic mass is 127. The molecule has 0 spiro atoms. The second-order valence-electron chi connectivity index (χ2n) is 5.54. The first kappa shape index (κ1) is 22.4. The van der Waals surface area contributed by atoms with Gasteiger partial charge in [-0.05, 0) is 38.5 Å². The molecule has 7 nitrogen and oxygen atoms in total. The number of rotatable bonds is 5. The molecule has 0 saturated heterocycles. The summed E-state index contributed by atoms with van der Waals surface area (Å²) < 4.78 is 6.41. The highest BCUT2D eigenvalue weighted by Gasteiger charge is 2.09. The summed E-state index contributed by atoms with van der Waals surface area (Å²) in [5.41, 5.74) is 2.63. The number of carbonyl (C=O) groups is 1. The maximum Gasteiger partial charge on any atom is 0.243 e. The van der Waals surface area contributed by atoms with Gasteiger partial charge in [-0.15, -0.1) is 24.0 Å². The molecule has 0 fully saturated rings. The van der Waals surface area contributed by atoms with Crippen LogP contribution in [0.2, 0.25) is 0 Å². The minimum atomic E-state index is -0.160. The summed E-state index contributed by atoms with van der Waals surface area (Å²) in [4.78, 5) is 20.5. The van der Waals surface area contributed by atoms with Crippen molar-refractivity contribution in [2.75, 3.05) is 18.9 Å². The van der Waals surface area contributed by atoms with E-state index in [1.807, 2.05) is 39.0 Å². The Morgan fingerprint density at radius 3 is 2.62 bits per heavy atom. The highest BCUT2D eigenvalue weighted by molar-refractivity contribution is 14.0. The second kappa shape index (κ2) is 10.5. The quantitative estimate of drug-likeness (QED) is 0.310. The molecule has 1 aromatic heterocycles. The van der Waals surface area contributed by atoms with E-state index < -0.39 is 0 Å². The monoisotopic (exact) mass is 535 g/mol. The summed E-state index contributed by atoms with van der Waals surface area (Å²) in [5.74, 6) is 1.71. The number of hydrogen-bond acceptors (Lipinski definition) is 4. The zero-order chi connectivity index (χ0) is 18.4. The maximum atomic E-state index is 12.1. The number of aromatic nitrogens is 1. The zero-order valence-electron chi connectivity index (χ0n) is 15.1. The van der Waals surface area contributed by atoms with Crippen molar-refractivity contribution in [2.45, 2.75) is 27.3 Å². The molecule has 0 aliphatic heterocycles. The first-order valence-electron chi connectivity index (χ1n) is 7.82. The van der Waals surface area contributed by atoms with Crippen LogP contribution in [0.15, 0.2) is 32.1 Å². The molecule has 1 heterocycles. The van der Waals surface area contributed by atoms with Crippen LogP contribution < -0.4 is 16.0 Å². The molecule has 0 atom stereocenters. The standard InChI is InChI=1S/C17H22BrN5O2.HI/c1-10-5-6-13(18)7-14(10)23-15(24)8-20-17(19-4)21-9-16-22-11(2)12(3)25-16;/h5-7H,8-9H2,1-4H3,(H,23,24)(H2,19,20,21);1H. The van der Waals surface area contributed by atoms with Crippen LogP contribution >= 0.6 is 39.9 Å². The maximum absolute atomic E-state index is 12.1. The Kier molecular flexibility index (Phi) is 9.06. The first-order chi connectivity index (χ1) is 11.9. The Morgan fingerprint density at radius 2 is 2.00 bits per heavy atom. The van der Waals surface area contributed by atoms with Gasteiger partial charge >= 0.3 is 0 Å². The number of guanidine groups is 1. The molecular formula is C17H23BrIN5O2. The molecule has 0 bridgehead atoms. The van der Waals surface area contributed by atoms with E-state index in [-0.39, 0.29) is 36.4 Å². The lowest BCUT2D eigenvalue weighted by molar-refractivity contribution is -0.115. The third-order valence-electron chi connectivity index (χ3n) is 3.59. The van der Waals surface area contributed by atoms with Crippen LogP contribution in [0.4, 0.5) is 5.69 Å². The number of hydrogen-bond donors (Lipinski definition) is 3. The van der Waals surface area contributed by atoms with E-state index in [4.69, 9.17) is 4.42 Å². The summed E-state index contributed by atoms with van der Waals surface area (Å²) in [6.45, 7) is 6.18. The molecule has 0 aliphatic rings. The predicted molar refractivity (Wildman–Crippen MR) is 117 cm³/mol. The lowest BCUT2D eigenvalue weighted by Crippen LogP contribution is -2.41. The highest BCUT2D eigenvalue weighted by Crippen LogP contribution is 2.20. The van der Waals surface area contributed by atoms with Crippen LogP contribution in [0.25, 0.3) is 0 Å². The lowest BCUT2D eigenvalue weighted by Gasteiger charge is -2.12. The Bertz CT molecular complexity index is 772. The van der Waals surface area contributed by atoms with Crippen molar-refractivity contribution in [3.05, 3.63) is 45.6 Å². The molecule has 9 heteroatoms. The van der Waals surface area contributed by atoms with Gasteiger partial charge in [-0.1, -0.05) is 22.0 Å². The van der Waals surface area contributed by atoms with Crippen LogP contribution in [0, 0.1) is 20.8 Å². The van der Waals surface area contributed by atoms with Crippen LogP contribution in [0.3, 0.4) is 0 Å². The molecule has 26 heavy (non-hydrogen) atoms. The van der Waals surface area contributed by atoms with Gasteiger partial charge in [-0.3, -0.25) is 9.79 Å². The number of nitrogens with one attached hydrogen (secondary N) is 3. The minimum Gasteiger partial charge on any atom is -0.444 e. The number of carbonyl (C=O) groups excluding carboxylic acids is 1. The molecule has 1 amide bonds. The fourth-order valence-corrected chi connectivity index (χ4v) is 2.44. The molecule has 0 radical (unpaired) electrons. The van der Waals surface area contributed by atoms with Crippen molar-refractivity contribution in [1.82, 2.24) is 15.6 Å². The van der Waals surface area contributed by atoms with Crippen LogP contribution in [-0.4, -0.2) is 30.4 Å². The number of benzene rings is 1. The Balaban J connectivity index is 0.00000338. The summed E-state index contributed by atoms with van der Waals surface area (Å²) in [7, 11) is 1.64. The topological polar surface area (TPSA) is 91.5 Å². The van der Waals surface area contributed by atoms with Gasteiger partial charge in [0.1, 0.15) is 5.76 Å². The summed E-state index contributed by atoms with van der Waals surface area (Å²) in [5, 5.41) is 8.89. The van der Waals surface area contributed by atoms with E-state index in [0.717, 1.165) is 27.2 Å². The van der Waals surface area contributed by atoms with Gasteiger partial charge in [0.15, 0.2) is 5.96 Å². The largest absolute Gasteiger partial charge is 0.444 e. The van der Waals surface area contributed by atoms with E-state index >= 15 is 0 Å². The molecule has 1 aromatic carbocycles. The van der Waals surface area contributed by atoms with Crippen LogP contribution in [-0.2, 0) is 11.3 Å². The fraction of sp³-hybridized carbons (Fsp3) is 0.353. The minimum absolute atomic E-state index is 0. The van der Waals surface area contributed by atoms with E-state index in [9.17, 15) is 4.79 Å². The van der Waals surface area contributed by atoms with E-state index in [0.29, 0.717) is 18.4 Å². The fourth-order valence-electron chi connectivity index (χ4n) is 2.08. The van der Waals surface area contributed by atoms with Gasteiger partial charge in [0.25, 0.3) is 0 Å². The van der Waals surface area contributed by atoms with Gasteiger partial charge in [0.05, 0.1) is 18.8 Å². The van der Waals surface area contributed by atoms with Crippen molar-refractivity contribution < 1.29 is 9.21 Å². The van der Waals surface area contributed by atoms with Crippen LogP contribution in [0.5, 0.6) is 0 Å². The first-order valence-corrected chi connectivity index (χ1v) is 8.61. The van der Waals surface area contributed by atoms with E-state index in [1.54, 1.807) is 7.05 Å². The number of oxazole rings is 1. The molecular weight excluding hydrogens is 513 g/mol. The third kappa shape index (κ3) is 6.60. The summed E-state index contributed by atoms with van der Waals surface area (Å²) in [6.07, 6.45) is 0. The van der Waals surface area contributed by atoms with Gasteiger partial charge in [-0.25, -0.2) is 4.98 Å². The van der Waals surface area contributed by atoms with Crippen LogP contribution in [0.1, 0.15) is 22.9 Å². The number of nitrogens with zero attached hydrogens (tertiary/aromatic N) is 2. The third-order valence-corrected chi connectivity index (χ3v) is 4.09. The zero-order valence-corrected chi connectivity index (χ0v) is 19.1. The Hall–Kier alpha value is -1.62. The average molecular weight is 536 g/mol. The molecule has 2 rings (SSSR count). The number of aliphatic imine (C=N–C) groups is 1. The predicted octanol–water partition coefficient (Wildman–Crippen LogP) is 3.28. The van der Waals surface area contributed by atoms with Gasteiger partial charge < -0.3 is 20.4 Å². The van der Waals surface area contributed by atoms with Gasteiger partial charge in [0, 0.05) is 17.2 Å². The molecule has 142 valence electrons. The van der Waals surface area contributed by atoms with Crippen molar-refractivity contribution in [1.29, 1.82) is 0 Å². The summed E-state index contributed by atoms with van der Waals surface area (Å²) in [6, 6.07) is 5.74. The molecule has 0 aliphatic carbocycles. The SMILES string of the molecule is CN=C(NCC(=O)Nc1cc(Br)ccc1C)NCc1nc(C)c(C)o1.I. The Labute approximate surface area is 178 Å². The number of anilines is 1. The van der Waals surface area contributed by atoms with Crippen molar-refractivity contribution >= 4 is 57.5 Å². The van der Waals surface area contributed by atoms with Gasteiger partial charge in [0.2, 0.25) is 11.8 Å². The Morgan fingerprint density at radius 1 is 1.27 bits per heavy atom. The molecule has 0 saturated carbocycles. The van der Waals surface area contributed by atoms with Crippen molar-refractivity contribution in [3.8, 4) is 0 Å². The van der Waals surface area contributed by atoms with Crippen molar-refractivity contribution in [3.63, 3.8) is 0 Å². The number of amides is 1. The summed E-state index contributed by atoms with van der Waals surface area (Å²) >= 11 is 3.40. The van der Waals surface area contributed by atoms with E-state index in [2.05, 4.69) is 41.9 Å². The molecule has 2 aromatic rings. The molecule has 0 unspecified atom stereocenters. The average Bonchev–Trinajstić information content (AvgIpc) is 2.89. The number of aryl methyl sites for hydroxylation is 3. The van der Waals surface area contributed by atoms with Gasteiger partial charge in [-0.2, -0.15) is 0 Å². The smallest absolute Gasteiger partial charge is 0.243 e. The second-order valence-corrected chi connectivity index (χ2v) is 6.45.